The van der Waals surface area contributed by atoms with Gasteiger partial charge in [0.2, 0.25) is 0 Å². The SMILES string of the molecule is COc1ccc(OCc2ccccc2)c(C=C2SC(=S)N(Cc3ccccc3)C2=O)c1. The molecule has 0 radical (unpaired) electrons. The minimum Gasteiger partial charge on any atom is -0.497 e. The van der Waals surface area contributed by atoms with Crippen LogP contribution in [0.2, 0.25) is 0 Å². The average molecular weight is 448 g/mol. The molecule has 1 amide bonds. The van der Waals surface area contributed by atoms with Crippen molar-refractivity contribution < 1.29 is 14.3 Å². The van der Waals surface area contributed by atoms with Crippen molar-refractivity contribution in [2.45, 2.75) is 13.2 Å². The minimum absolute atomic E-state index is 0.101. The summed E-state index contributed by atoms with van der Waals surface area (Å²) in [4.78, 5) is 15.2. The predicted molar refractivity (Wildman–Crippen MR) is 129 cm³/mol. The van der Waals surface area contributed by atoms with E-state index in [1.165, 1.54) is 11.8 Å². The summed E-state index contributed by atoms with van der Waals surface area (Å²) in [6.07, 6.45) is 1.83. The van der Waals surface area contributed by atoms with E-state index in [4.69, 9.17) is 21.7 Å². The average Bonchev–Trinajstić information content (AvgIpc) is 3.07. The Bertz CT molecular complexity index is 1110. The van der Waals surface area contributed by atoms with E-state index in [-0.39, 0.29) is 5.91 Å². The third kappa shape index (κ3) is 5.16. The first-order valence-electron chi connectivity index (χ1n) is 9.78. The first-order chi connectivity index (χ1) is 15.1. The largest absolute Gasteiger partial charge is 0.497 e. The Labute approximate surface area is 191 Å². The fourth-order valence-corrected chi connectivity index (χ4v) is 4.42. The fourth-order valence-electron chi connectivity index (χ4n) is 3.18. The molecule has 0 atom stereocenters. The van der Waals surface area contributed by atoms with Crippen molar-refractivity contribution in [3.8, 4) is 11.5 Å². The lowest BCUT2D eigenvalue weighted by atomic mass is 10.1. The topological polar surface area (TPSA) is 38.8 Å². The number of hydrogen-bond acceptors (Lipinski definition) is 5. The Morgan fingerprint density at radius 3 is 2.32 bits per heavy atom. The van der Waals surface area contributed by atoms with Crippen LogP contribution < -0.4 is 9.47 Å². The van der Waals surface area contributed by atoms with Crippen LogP contribution in [0.15, 0.2) is 83.8 Å². The maximum absolute atomic E-state index is 13.0. The molecule has 3 aromatic rings. The van der Waals surface area contributed by atoms with Gasteiger partial charge in [-0.05, 0) is 35.4 Å². The van der Waals surface area contributed by atoms with E-state index >= 15 is 0 Å². The van der Waals surface area contributed by atoms with Crippen molar-refractivity contribution in [3.63, 3.8) is 0 Å². The second kappa shape index (κ2) is 9.81. The van der Waals surface area contributed by atoms with Crippen LogP contribution in [-0.4, -0.2) is 22.2 Å². The predicted octanol–water partition coefficient (Wildman–Crippen LogP) is 5.68. The molecule has 0 aliphatic carbocycles. The third-order valence-electron chi connectivity index (χ3n) is 4.80. The number of benzene rings is 3. The standard InChI is InChI=1S/C25H21NO3S2/c1-28-21-12-13-22(29-17-19-10-6-3-7-11-19)20(14-21)15-23-24(27)26(25(30)31-23)16-18-8-4-2-5-9-18/h2-15H,16-17H2,1H3. The van der Waals surface area contributed by atoms with Crippen LogP contribution in [0.5, 0.6) is 11.5 Å². The van der Waals surface area contributed by atoms with Gasteiger partial charge in [0.1, 0.15) is 22.4 Å². The van der Waals surface area contributed by atoms with Crippen LogP contribution >= 0.6 is 24.0 Å². The van der Waals surface area contributed by atoms with Gasteiger partial charge in [0, 0.05) is 5.56 Å². The number of nitrogens with zero attached hydrogens (tertiary/aromatic N) is 1. The Balaban J connectivity index is 1.58. The van der Waals surface area contributed by atoms with E-state index in [1.54, 1.807) is 12.0 Å². The van der Waals surface area contributed by atoms with E-state index < -0.39 is 0 Å². The number of carbonyl (C=O) groups is 1. The summed E-state index contributed by atoms with van der Waals surface area (Å²) in [5.74, 6) is 1.27. The molecule has 1 heterocycles. The van der Waals surface area contributed by atoms with Gasteiger partial charge in [-0.3, -0.25) is 9.69 Å². The van der Waals surface area contributed by atoms with Crippen LogP contribution in [0.3, 0.4) is 0 Å². The molecule has 0 N–H and O–H groups in total. The van der Waals surface area contributed by atoms with Crippen LogP contribution in [0, 0.1) is 0 Å². The van der Waals surface area contributed by atoms with Gasteiger partial charge in [-0.2, -0.15) is 0 Å². The van der Waals surface area contributed by atoms with Crippen LogP contribution in [0.1, 0.15) is 16.7 Å². The normalized spacial score (nSPS) is 14.9. The number of hydrogen-bond donors (Lipinski definition) is 0. The van der Waals surface area contributed by atoms with Crippen LogP contribution in [0.4, 0.5) is 0 Å². The number of amides is 1. The lowest BCUT2D eigenvalue weighted by Crippen LogP contribution is -2.27. The van der Waals surface area contributed by atoms with Gasteiger partial charge in [0.05, 0.1) is 18.6 Å². The summed E-state index contributed by atoms with van der Waals surface area (Å²) in [6.45, 7) is 0.890. The van der Waals surface area contributed by atoms with E-state index in [0.29, 0.717) is 33.9 Å². The molecule has 156 valence electrons. The monoisotopic (exact) mass is 447 g/mol. The third-order valence-corrected chi connectivity index (χ3v) is 6.18. The van der Waals surface area contributed by atoms with Crippen molar-refractivity contribution in [2.75, 3.05) is 7.11 Å². The van der Waals surface area contributed by atoms with Crippen molar-refractivity contribution in [1.82, 2.24) is 4.90 Å². The molecule has 0 bridgehead atoms. The Morgan fingerprint density at radius 2 is 1.65 bits per heavy atom. The summed E-state index contributed by atoms with van der Waals surface area (Å²) in [6, 6.07) is 25.4. The number of rotatable bonds is 7. The highest BCUT2D eigenvalue weighted by atomic mass is 32.2. The molecule has 6 heteroatoms. The van der Waals surface area contributed by atoms with Gasteiger partial charge >= 0.3 is 0 Å². The summed E-state index contributed by atoms with van der Waals surface area (Å²) in [7, 11) is 1.61. The molecule has 1 fully saturated rings. The highest BCUT2D eigenvalue weighted by Gasteiger charge is 2.32. The van der Waals surface area contributed by atoms with Gasteiger partial charge in [-0.1, -0.05) is 84.6 Å². The quantitative estimate of drug-likeness (QED) is 0.344. The molecule has 4 nitrogen and oxygen atoms in total. The smallest absolute Gasteiger partial charge is 0.266 e. The highest BCUT2D eigenvalue weighted by Crippen LogP contribution is 2.36. The molecule has 1 aliphatic rings. The number of thioether (sulfide) groups is 1. The number of carbonyl (C=O) groups excluding carboxylic acids is 1. The lowest BCUT2D eigenvalue weighted by Gasteiger charge is -2.14. The lowest BCUT2D eigenvalue weighted by molar-refractivity contribution is -0.122. The molecule has 3 aromatic carbocycles. The molecule has 4 rings (SSSR count). The van der Waals surface area contributed by atoms with E-state index in [2.05, 4.69) is 0 Å². The minimum atomic E-state index is -0.101. The van der Waals surface area contributed by atoms with Crippen molar-refractivity contribution in [3.05, 3.63) is 100 Å². The first-order valence-corrected chi connectivity index (χ1v) is 11.0. The van der Waals surface area contributed by atoms with Crippen LogP contribution in [0.25, 0.3) is 6.08 Å². The molecule has 0 saturated carbocycles. The van der Waals surface area contributed by atoms with Gasteiger partial charge < -0.3 is 9.47 Å². The molecule has 31 heavy (non-hydrogen) atoms. The molecule has 0 unspecified atom stereocenters. The zero-order chi connectivity index (χ0) is 21.6. The molecular weight excluding hydrogens is 426 g/mol. The van der Waals surface area contributed by atoms with Crippen molar-refractivity contribution >= 4 is 40.3 Å². The summed E-state index contributed by atoms with van der Waals surface area (Å²) >= 11 is 6.78. The molecule has 1 aliphatic heterocycles. The van der Waals surface area contributed by atoms with Gasteiger partial charge in [-0.25, -0.2) is 0 Å². The second-order valence-corrected chi connectivity index (χ2v) is 8.61. The Hall–Kier alpha value is -3.09. The second-order valence-electron chi connectivity index (χ2n) is 6.93. The number of ether oxygens (including phenoxy) is 2. The summed E-state index contributed by atoms with van der Waals surface area (Å²) < 4.78 is 12.0. The van der Waals surface area contributed by atoms with Gasteiger partial charge in [0.15, 0.2) is 0 Å². The van der Waals surface area contributed by atoms with Gasteiger partial charge in [0.25, 0.3) is 5.91 Å². The Morgan fingerprint density at radius 1 is 0.968 bits per heavy atom. The zero-order valence-electron chi connectivity index (χ0n) is 17.0. The molecule has 1 saturated heterocycles. The van der Waals surface area contributed by atoms with E-state index in [9.17, 15) is 4.79 Å². The fraction of sp³-hybridized carbons (Fsp3) is 0.120. The van der Waals surface area contributed by atoms with Crippen molar-refractivity contribution in [1.29, 1.82) is 0 Å². The van der Waals surface area contributed by atoms with E-state index in [1.807, 2.05) is 84.9 Å². The molecular formula is C25H21NO3S2. The zero-order valence-corrected chi connectivity index (χ0v) is 18.6. The van der Waals surface area contributed by atoms with Crippen molar-refractivity contribution in [2.24, 2.45) is 0 Å². The highest BCUT2D eigenvalue weighted by molar-refractivity contribution is 8.26. The van der Waals surface area contributed by atoms with Crippen LogP contribution in [-0.2, 0) is 17.9 Å². The number of methoxy groups -OCH3 is 1. The number of thiocarbonyl (C=S) groups is 1. The van der Waals surface area contributed by atoms with E-state index in [0.717, 1.165) is 16.7 Å². The molecule has 0 aromatic heterocycles. The molecule has 0 spiro atoms. The first kappa shape index (κ1) is 21.2. The maximum Gasteiger partial charge on any atom is 0.266 e. The Kier molecular flexibility index (Phi) is 6.70. The summed E-state index contributed by atoms with van der Waals surface area (Å²) in [5.41, 5.74) is 2.88. The summed E-state index contributed by atoms with van der Waals surface area (Å²) in [5, 5.41) is 0. The van der Waals surface area contributed by atoms with Gasteiger partial charge in [-0.15, -0.1) is 0 Å². The maximum atomic E-state index is 13.0.